The zero-order valence-corrected chi connectivity index (χ0v) is 15.5. The maximum absolute atomic E-state index is 12.3. The summed E-state index contributed by atoms with van der Waals surface area (Å²) in [5.41, 5.74) is 5.89. The molecule has 3 rings (SSSR count). The fourth-order valence-corrected chi connectivity index (χ4v) is 4.82. The number of rotatable bonds is 8. The molecule has 136 valence electrons. The van der Waals surface area contributed by atoms with E-state index >= 15 is 0 Å². The zero-order valence-electron chi connectivity index (χ0n) is 13.0. The first-order valence-corrected chi connectivity index (χ1v) is 10.6. The third kappa shape index (κ3) is 4.90. The first-order valence-electron chi connectivity index (χ1n) is 7.65. The van der Waals surface area contributed by atoms with Crippen molar-refractivity contribution in [2.75, 3.05) is 6.54 Å². The molecule has 0 amide bonds. The van der Waals surface area contributed by atoms with Gasteiger partial charge in [0.15, 0.2) is 0 Å². The van der Waals surface area contributed by atoms with E-state index in [4.69, 9.17) is 5.73 Å². The molecule has 2 aliphatic rings. The minimum absolute atomic E-state index is 0. The SMILES string of the molecule is Cl.NC(CNS(=O)(=O)c1cccc(S(=O)(=O)NC2CC2)c1)C1CC1. The van der Waals surface area contributed by atoms with Crippen LogP contribution in [0.4, 0.5) is 0 Å². The van der Waals surface area contributed by atoms with Crippen LogP contribution in [0.25, 0.3) is 0 Å². The summed E-state index contributed by atoms with van der Waals surface area (Å²) >= 11 is 0. The van der Waals surface area contributed by atoms with Gasteiger partial charge in [-0.15, -0.1) is 12.4 Å². The number of sulfonamides is 2. The Labute approximate surface area is 148 Å². The molecule has 0 spiro atoms. The van der Waals surface area contributed by atoms with Crippen LogP contribution in [0.1, 0.15) is 25.7 Å². The highest BCUT2D eigenvalue weighted by Gasteiger charge is 2.30. The molecular weight excluding hydrogens is 374 g/mol. The van der Waals surface area contributed by atoms with Gasteiger partial charge in [-0.05, 0) is 49.8 Å². The van der Waals surface area contributed by atoms with E-state index < -0.39 is 20.0 Å². The summed E-state index contributed by atoms with van der Waals surface area (Å²) in [5, 5.41) is 0. The zero-order chi connectivity index (χ0) is 16.7. The van der Waals surface area contributed by atoms with E-state index in [2.05, 4.69) is 9.44 Å². The van der Waals surface area contributed by atoms with Gasteiger partial charge in [-0.3, -0.25) is 0 Å². The average Bonchev–Trinajstić information content (AvgIpc) is 3.38. The first-order chi connectivity index (χ1) is 10.8. The highest BCUT2D eigenvalue weighted by Crippen LogP contribution is 2.31. The van der Waals surface area contributed by atoms with Crippen LogP contribution in [0.3, 0.4) is 0 Å². The first kappa shape index (κ1) is 19.6. The molecule has 2 fully saturated rings. The Balaban J connectivity index is 0.00000208. The lowest BCUT2D eigenvalue weighted by atomic mass is 10.2. The van der Waals surface area contributed by atoms with Crippen molar-refractivity contribution in [2.24, 2.45) is 11.7 Å². The third-order valence-electron chi connectivity index (χ3n) is 4.06. The van der Waals surface area contributed by atoms with Crippen LogP contribution in [0, 0.1) is 5.92 Å². The summed E-state index contributed by atoms with van der Waals surface area (Å²) in [6, 6.07) is 5.14. The number of benzene rings is 1. The van der Waals surface area contributed by atoms with E-state index in [-0.39, 0.29) is 40.8 Å². The van der Waals surface area contributed by atoms with Gasteiger partial charge in [0.1, 0.15) is 0 Å². The second-order valence-electron chi connectivity index (χ2n) is 6.22. The van der Waals surface area contributed by atoms with E-state index in [1.54, 1.807) is 0 Å². The third-order valence-corrected chi connectivity index (χ3v) is 7.00. The van der Waals surface area contributed by atoms with Gasteiger partial charge in [-0.1, -0.05) is 6.07 Å². The van der Waals surface area contributed by atoms with Gasteiger partial charge in [0.05, 0.1) is 9.79 Å². The van der Waals surface area contributed by atoms with Crippen molar-refractivity contribution in [3.8, 4) is 0 Å². The molecule has 1 atom stereocenters. The quantitative estimate of drug-likeness (QED) is 0.594. The van der Waals surface area contributed by atoms with Crippen LogP contribution in [-0.4, -0.2) is 35.5 Å². The number of nitrogens with one attached hydrogen (secondary N) is 2. The lowest BCUT2D eigenvalue weighted by Crippen LogP contribution is -2.38. The number of nitrogens with two attached hydrogens (primary N) is 1. The molecular formula is C14H22ClN3O4S2. The molecule has 2 aliphatic carbocycles. The van der Waals surface area contributed by atoms with Gasteiger partial charge in [0.25, 0.3) is 0 Å². The Bertz CT molecular complexity index is 790. The maximum Gasteiger partial charge on any atom is 0.240 e. The summed E-state index contributed by atoms with van der Waals surface area (Å²) < 4.78 is 54.0. The highest BCUT2D eigenvalue weighted by molar-refractivity contribution is 7.90. The summed E-state index contributed by atoms with van der Waals surface area (Å²) in [6.45, 7) is 0.157. The lowest BCUT2D eigenvalue weighted by molar-refractivity contribution is 0.547. The van der Waals surface area contributed by atoms with Gasteiger partial charge in [-0.2, -0.15) is 0 Å². The van der Waals surface area contributed by atoms with Crippen molar-refractivity contribution in [1.29, 1.82) is 0 Å². The molecule has 0 aliphatic heterocycles. The molecule has 7 nitrogen and oxygen atoms in total. The molecule has 24 heavy (non-hydrogen) atoms. The molecule has 1 aromatic carbocycles. The Morgan fingerprint density at radius 3 is 2.17 bits per heavy atom. The molecule has 0 heterocycles. The second-order valence-corrected chi connectivity index (χ2v) is 9.70. The maximum atomic E-state index is 12.3. The molecule has 0 bridgehead atoms. The van der Waals surface area contributed by atoms with Gasteiger partial charge >= 0.3 is 0 Å². The Morgan fingerprint density at radius 1 is 1.04 bits per heavy atom. The van der Waals surface area contributed by atoms with Gasteiger partial charge < -0.3 is 5.73 Å². The molecule has 2 saturated carbocycles. The summed E-state index contributed by atoms with van der Waals surface area (Å²) in [6.07, 6.45) is 3.70. The second kappa shape index (κ2) is 7.27. The van der Waals surface area contributed by atoms with Gasteiger partial charge in [0.2, 0.25) is 20.0 Å². The normalized spacial score (nSPS) is 19.5. The predicted octanol–water partition coefficient (Wildman–Crippen LogP) is 0.565. The van der Waals surface area contributed by atoms with E-state index in [9.17, 15) is 16.8 Å². The minimum Gasteiger partial charge on any atom is -0.326 e. The Kier molecular flexibility index (Phi) is 5.94. The van der Waals surface area contributed by atoms with Crippen molar-refractivity contribution in [3.05, 3.63) is 24.3 Å². The van der Waals surface area contributed by atoms with Crippen LogP contribution >= 0.6 is 12.4 Å². The predicted molar refractivity (Wildman–Crippen MR) is 92.9 cm³/mol. The van der Waals surface area contributed by atoms with E-state index in [1.807, 2.05) is 0 Å². The fraction of sp³-hybridized carbons (Fsp3) is 0.571. The summed E-state index contributed by atoms with van der Waals surface area (Å²) in [4.78, 5) is -0.113. The van der Waals surface area contributed by atoms with Crippen molar-refractivity contribution in [1.82, 2.24) is 9.44 Å². The standard InChI is InChI=1S/C14H21N3O4S2.ClH/c15-14(10-4-5-10)9-16-22(18,19)12-2-1-3-13(8-12)23(20,21)17-11-6-7-11;/h1-3,8,10-11,14,16-17H,4-7,9,15H2;1H. The molecule has 0 radical (unpaired) electrons. The minimum atomic E-state index is -3.78. The molecule has 4 N–H and O–H groups in total. The molecule has 1 aromatic rings. The summed E-state index contributed by atoms with van der Waals surface area (Å²) in [5.74, 6) is 0.382. The number of halogens is 1. The highest BCUT2D eigenvalue weighted by atomic mass is 35.5. The Hall–Kier alpha value is -0.710. The van der Waals surface area contributed by atoms with Crippen LogP contribution in [0.5, 0.6) is 0 Å². The molecule has 0 aromatic heterocycles. The van der Waals surface area contributed by atoms with Crippen LogP contribution in [-0.2, 0) is 20.0 Å². The van der Waals surface area contributed by atoms with Crippen molar-refractivity contribution >= 4 is 32.5 Å². The van der Waals surface area contributed by atoms with Crippen molar-refractivity contribution < 1.29 is 16.8 Å². The van der Waals surface area contributed by atoms with Gasteiger partial charge in [-0.25, -0.2) is 26.3 Å². The molecule has 1 unspecified atom stereocenters. The molecule has 0 saturated heterocycles. The number of hydrogen-bond donors (Lipinski definition) is 3. The van der Waals surface area contributed by atoms with Crippen LogP contribution in [0.15, 0.2) is 34.1 Å². The monoisotopic (exact) mass is 395 g/mol. The molecule has 10 heteroatoms. The summed E-state index contributed by atoms with van der Waals surface area (Å²) in [7, 11) is -7.46. The largest absolute Gasteiger partial charge is 0.326 e. The topological polar surface area (TPSA) is 118 Å². The smallest absolute Gasteiger partial charge is 0.240 e. The Morgan fingerprint density at radius 2 is 1.62 bits per heavy atom. The lowest BCUT2D eigenvalue weighted by Gasteiger charge is -2.13. The van der Waals surface area contributed by atoms with E-state index in [0.717, 1.165) is 25.7 Å². The van der Waals surface area contributed by atoms with E-state index in [0.29, 0.717) is 5.92 Å². The average molecular weight is 396 g/mol. The van der Waals surface area contributed by atoms with Crippen LogP contribution in [0.2, 0.25) is 0 Å². The van der Waals surface area contributed by atoms with E-state index in [1.165, 1.54) is 24.3 Å². The van der Waals surface area contributed by atoms with Crippen molar-refractivity contribution in [3.63, 3.8) is 0 Å². The van der Waals surface area contributed by atoms with Gasteiger partial charge in [0, 0.05) is 18.6 Å². The van der Waals surface area contributed by atoms with Crippen LogP contribution < -0.4 is 15.2 Å². The van der Waals surface area contributed by atoms with Crippen molar-refractivity contribution in [2.45, 2.75) is 47.6 Å². The fourth-order valence-electron chi connectivity index (χ4n) is 2.28. The number of hydrogen-bond acceptors (Lipinski definition) is 5.